The molecule has 0 atom stereocenters. The normalized spacial score (nSPS) is 11.0. The van der Waals surface area contributed by atoms with E-state index in [1.807, 2.05) is 24.3 Å². The predicted octanol–water partition coefficient (Wildman–Crippen LogP) is 5.18. The third kappa shape index (κ3) is 9.07. The summed E-state index contributed by atoms with van der Waals surface area (Å²) in [4.78, 5) is 0. The predicted molar refractivity (Wildman–Crippen MR) is 104 cm³/mol. The molecule has 2 aromatic carbocycles. The van der Waals surface area contributed by atoms with Crippen LogP contribution in [0.15, 0.2) is 48.5 Å². The molecular formula is C22H30F2N2. The van der Waals surface area contributed by atoms with Crippen LogP contribution >= 0.6 is 0 Å². The number of nitrogens with one attached hydrogen (secondary N) is 2. The molecule has 142 valence electrons. The first-order valence-electron chi connectivity index (χ1n) is 9.64. The van der Waals surface area contributed by atoms with Crippen LogP contribution in [0.2, 0.25) is 0 Å². The van der Waals surface area contributed by atoms with Crippen molar-refractivity contribution in [2.75, 3.05) is 13.1 Å². The van der Waals surface area contributed by atoms with Gasteiger partial charge in [-0.25, -0.2) is 8.78 Å². The average molecular weight is 360 g/mol. The van der Waals surface area contributed by atoms with E-state index in [1.165, 1.54) is 62.8 Å². The first-order chi connectivity index (χ1) is 12.7. The maximum atomic E-state index is 12.8. The van der Waals surface area contributed by atoms with Gasteiger partial charge in [-0.05, 0) is 61.3 Å². The molecule has 0 unspecified atom stereocenters. The van der Waals surface area contributed by atoms with Gasteiger partial charge in [0.25, 0.3) is 0 Å². The molecule has 26 heavy (non-hydrogen) atoms. The maximum Gasteiger partial charge on any atom is 0.123 e. The molecule has 0 aliphatic rings. The summed E-state index contributed by atoms with van der Waals surface area (Å²) in [5.74, 6) is -0.362. The Kier molecular flexibility index (Phi) is 9.91. The van der Waals surface area contributed by atoms with Crippen LogP contribution in [0.3, 0.4) is 0 Å². The number of hydrogen-bond acceptors (Lipinski definition) is 2. The van der Waals surface area contributed by atoms with Crippen LogP contribution in [-0.4, -0.2) is 13.1 Å². The van der Waals surface area contributed by atoms with Gasteiger partial charge >= 0.3 is 0 Å². The SMILES string of the molecule is Fc1ccc(CNCCCCCCCCNCc2ccc(F)cc2)cc1. The van der Waals surface area contributed by atoms with E-state index in [-0.39, 0.29) is 11.6 Å². The summed E-state index contributed by atoms with van der Waals surface area (Å²) in [6.45, 7) is 3.63. The fourth-order valence-corrected chi connectivity index (χ4v) is 2.88. The molecule has 0 saturated heterocycles. The highest BCUT2D eigenvalue weighted by molar-refractivity contribution is 5.16. The summed E-state index contributed by atoms with van der Waals surface area (Å²) >= 11 is 0. The van der Waals surface area contributed by atoms with Gasteiger partial charge in [0.05, 0.1) is 0 Å². The number of unbranched alkanes of at least 4 members (excludes halogenated alkanes) is 5. The van der Waals surface area contributed by atoms with Gasteiger partial charge in [-0.2, -0.15) is 0 Å². The smallest absolute Gasteiger partial charge is 0.123 e. The van der Waals surface area contributed by atoms with E-state index in [0.29, 0.717) is 0 Å². The van der Waals surface area contributed by atoms with Crippen molar-refractivity contribution in [1.82, 2.24) is 10.6 Å². The van der Waals surface area contributed by atoms with E-state index in [0.717, 1.165) is 37.3 Å². The Bertz CT molecular complexity index is 541. The zero-order chi connectivity index (χ0) is 18.5. The van der Waals surface area contributed by atoms with Crippen LogP contribution in [0.4, 0.5) is 8.78 Å². The van der Waals surface area contributed by atoms with Crippen molar-refractivity contribution in [2.24, 2.45) is 0 Å². The highest BCUT2D eigenvalue weighted by Crippen LogP contribution is 2.06. The number of benzene rings is 2. The molecule has 2 rings (SSSR count). The molecule has 0 bridgehead atoms. The van der Waals surface area contributed by atoms with Crippen molar-refractivity contribution in [2.45, 2.75) is 51.6 Å². The van der Waals surface area contributed by atoms with E-state index in [4.69, 9.17) is 0 Å². The molecular weight excluding hydrogens is 330 g/mol. The molecule has 0 fully saturated rings. The van der Waals surface area contributed by atoms with Crippen molar-refractivity contribution in [3.63, 3.8) is 0 Å². The van der Waals surface area contributed by atoms with Gasteiger partial charge in [0.1, 0.15) is 11.6 Å². The minimum Gasteiger partial charge on any atom is -0.313 e. The number of hydrogen-bond donors (Lipinski definition) is 2. The largest absolute Gasteiger partial charge is 0.313 e. The number of rotatable bonds is 13. The molecule has 0 aromatic heterocycles. The Morgan fingerprint density at radius 1 is 0.500 bits per heavy atom. The van der Waals surface area contributed by atoms with Crippen LogP contribution in [0.5, 0.6) is 0 Å². The molecule has 2 nitrogen and oxygen atoms in total. The minimum atomic E-state index is -0.181. The lowest BCUT2D eigenvalue weighted by atomic mass is 10.1. The second-order valence-corrected chi connectivity index (χ2v) is 6.73. The third-order valence-corrected chi connectivity index (χ3v) is 4.44. The second-order valence-electron chi connectivity index (χ2n) is 6.73. The van der Waals surface area contributed by atoms with Gasteiger partial charge < -0.3 is 10.6 Å². The van der Waals surface area contributed by atoms with Crippen molar-refractivity contribution in [3.05, 3.63) is 71.3 Å². The molecule has 2 aromatic rings. The zero-order valence-electron chi connectivity index (χ0n) is 15.4. The van der Waals surface area contributed by atoms with Gasteiger partial charge in [-0.15, -0.1) is 0 Å². The summed E-state index contributed by atoms with van der Waals surface area (Å²) in [6, 6.07) is 13.3. The Balaban J connectivity index is 1.35. The Morgan fingerprint density at radius 3 is 1.23 bits per heavy atom. The number of halogens is 2. The fraction of sp³-hybridized carbons (Fsp3) is 0.455. The summed E-state index contributed by atoms with van der Waals surface area (Å²) in [6.07, 6.45) is 7.42. The Labute approximate surface area is 156 Å². The van der Waals surface area contributed by atoms with Crippen LogP contribution < -0.4 is 10.6 Å². The molecule has 4 heteroatoms. The first-order valence-corrected chi connectivity index (χ1v) is 9.64. The standard InChI is InChI=1S/C22H30F2N2/c23-21-11-7-19(8-12-21)17-25-15-5-3-1-2-4-6-16-26-18-20-9-13-22(24)14-10-20/h7-14,25-26H,1-6,15-18H2. The Morgan fingerprint density at radius 2 is 0.846 bits per heavy atom. The highest BCUT2D eigenvalue weighted by atomic mass is 19.1. The van der Waals surface area contributed by atoms with Crippen LogP contribution in [0.25, 0.3) is 0 Å². The lowest BCUT2D eigenvalue weighted by Gasteiger charge is -2.06. The monoisotopic (exact) mass is 360 g/mol. The zero-order valence-corrected chi connectivity index (χ0v) is 15.4. The fourth-order valence-electron chi connectivity index (χ4n) is 2.88. The molecule has 0 amide bonds. The van der Waals surface area contributed by atoms with Crippen LogP contribution in [0.1, 0.15) is 49.7 Å². The van der Waals surface area contributed by atoms with E-state index in [2.05, 4.69) is 10.6 Å². The van der Waals surface area contributed by atoms with E-state index in [9.17, 15) is 8.78 Å². The van der Waals surface area contributed by atoms with Crippen LogP contribution in [-0.2, 0) is 13.1 Å². The van der Waals surface area contributed by atoms with Crippen molar-refractivity contribution < 1.29 is 8.78 Å². The first kappa shape index (κ1) is 20.5. The van der Waals surface area contributed by atoms with Gasteiger partial charge in [0.2, 0.25) is 0 Å². The third-order valence-electron chi connectivity index (χ3n) is 4.44. The topological polar surface area (TPSA) is 24.1 Å². The second kappa shape index (κ2) is 12.6. The van der Waals surface area contributed by atoms with Gasteiger partial charge in [-0.1, -0.05) is 49.9 Å². The quantitative estimate of drug-likeness (QED) is 0.481. The summed E-state index contributed by atoms with van der Waals surface area (Å²) in [5, 5.41) is 6.81. The van der Waals surface area contributed by atoms with Crippen LogP contribution in [0, 0.1) is 11.6 Å². The lowest BCUT2D eigenvalue weighted by molar-refractivity contribution is 0.549. The Hall–Kier alpha value is -1.78. The van der Waals surface area contributed by atoms with Gasteiger partial charge in [0.15, 0.2) is 0 Å². The average Bonchev–Trinajstić information content (AvgIpc) is 2.65. The molecule has 2 N–H and O–H groups in total. The van der Waals surface area contributed by atoms with Gasteiger partial charge in [-0.3, -0.25) is 0 Å². The van der Waals surface area contributed by atoms with E-state index >= 15 is 0 Å². The summed E-state index contributed by atoms with van der Waals surface area (Å²) in [7, 11) is 0. The van der Waals surface area contributed by atoms with Crippen molar-refractivity contribution >= 4 is 0 Å². The molecule has 0 heterocycles. The minimum absolute atomic E-state index is 0.181. The van der Waals surface area contributed by atoms with Crippen molar-refractivity contribution in [1.29, 1.82) is 0 Å². The highest BCUT2D eigenvalue weighted by Gasteiger charge is 1.96. The molecule has 0 aliphatic carbocycles. The van der Waals surface area contributed by atoms with Crippen molar-refractivity contribution in [3.8, 4) is 0 Å². The summed E-state index contributed by atoms with van der Waals surface area (Å²) in [5.41, 5.74) is 2.25. The molecule has 0 spiro atoms. The maximum absolute atomic E-state index is 12.8. The molecule has 0 saturated carbocycles. The van der Waals surface area contributed by atoms with Gasteiger partial charge in [0, 0.05) is 13.1 Å². The van der Waals surface area contributed by atoms with E-state index < -0.39 is 0 Å². The van der Waals surface area contributed by atoms with E-state index in [1.54, 1.807) is 0 Å². The lowest BCUT2D eigenvalue weighted by Crippen LogP contribution is -2.15. The molecule has 0 radical (unpaired) electrons. The molecule has 0 aliphatic heterocycles. The summed E-state index contributed by atoms with van der Waals surface area (Å²) < 4.78 is 25.6.